The number of hydrogen-bond donors (Lipinski definition) is 0. The van der Waals surface area contributed by atoms with Gasteiger partial charge >= 0.3 is 0 Å². The fourth-order valence-electron chi connectivity index (χ4n) is 8.54. The van der Waals surface area contributed by atoms with Crippen LogP contribution in [-0.2, 0) is 0 Å². The summed E-state index contributed by atoms with van der Waals surface area (Å²) >= 11 is 0. The van der Waals surface area contributed by atoms with Crippen molar-refractivity contribution in [3.63, 3.8) is 0 Å². The average Bonchev–Trinajstić information content (AvgIpc) is 3.37. The molecule has 0 unspecified atom stereocenters. The van der Waals surface area contributed by atoms with Crippen LogP contribution in [0.2, 0.25) is 0 Å². The fraction of sp³-hybridized carbons (Fsp3) is 0. The molecule has 0 spiro atoms. The van der Waals surface area contributed by atoms with Crippen LogP contribution >= 0.6 is 0 Å². The summed E-state index contributed by atoms with van der Waals surface area (Å²) in [7, 11) is 0. The van der Waals surface area contributed by atoms with Crippen molar-refractivity contribution in [3.8, 4) is 33.4 Å². The van der Waals surface area contributed by atoms with Crippen molar-refractivity contribution in [1.82, 2.24) is 0 Å². The summed E-state index contributed by atoms with van der Waals surface area (Å²) in [6, 6.07) is 97.2. The van der Waals surface area contributed by atoms with E-state index < -0.39 is 0 Å². The van der Waals surface area contributed by atoms with Gasteiger partial charge in [0.2, 0.25) is 0 Å². The lowest BCUT2D eigenvalue weighted by atomic mass is 9.91. The molecule has 63 heavy (non-hydrogen) atoms. The number of anilines is 9. The van der Waals surface area contributed by atoms with E-state index in [1.165, 1.54) is 0 Å². The highest BCUT2D eigenvalue weighted by Crippen LogP contribution is 2.47. The lowest BCUT2D eigenvalue weighted by molar-refractivity contribution is 1.28. The van der Waals surface area contributed by atoms with Crippen molar-refractivity contribution in [2.45, 2.75) is 0 Å². The van der Waals surface area contributed by atoms with Crippen molar-refractivity contribution in [2.24, 2.45) is 0 Å². The van der Waals surface area contributed by atoms with Crippen molar-refractivity contribution in [1.29, 1.82) is 0 Å². The maximum absolute atomic E-state index is 2.38. The van der Waals surface area contributed by atoms with Crippen molar-refractivity contribution >= 4 is 51.2 Å². The minimum Gasteiger partial charge on any atom is -0.311 e. The van der Waals surface area contributed by atoms with Gasteiger partial charge in [0, 0.05) is 50.9 Å². The number of hydrogen-bond acceptors (Lipinski definition) is 3. The Hall–Kier alpha value is -8.40. The van der Waals surface area contributed by atoms with Gasteiger partial charge in [-0.15, -0.1) is 0 Å². The normalized spacial score (nSPS) is 10.9. The summed E-state index contributed by atoms with van der Waals surface area (Å²) in [6.07, 6.45) is 0. The number of benzene rings is 10. The van der Waals surface area contributed by atoms with Gasteiger partial charge in [-0.2, -0.15) is 0 Å². The zero-order chi connectivity index (χ0) is 42.2. The van der Waals surface area contributed by atoms with Crippen molar-refractivity contribution in [3.05, 3.63) is 273 Å². The number of rotatable bonds is 12. The Bertz CT molecular complexity index is 2950. The molecule has 0 saturated heterocycles. The maximum atomic E-state index is 2.38. The molecule has 0 heterocycles. The molecule has 0 amide bonds. The van der Waals surface area contributed by atoms with E-state index in [1.807, 2.05) is 0 Å². The van der Waals surface area contributed by atoms with Gasteiger partial charge in [0.1, 0.15) is 0 Å². The second-order valence-electron chi connectivity index (χ2n) is 15.4. The number of nitrogens with zero attached hydrogens (tertiary/aromatic N) is 3. The lowest BCUT2D eigenvalue weighted by Crippen LogP contribution is -2.12. The summed E-state index contributed by atoms with van der Waals surface area (Å²) in [5.74, 6) is 0. The largest absolute Gasteiger partial charge is 0.311 e. The monoisotopic (exact) mass is 807 g/mol. The van der Waals surface area contributed by atoms with E-state index in [-0.39, 0.29) is 0 Å². The molecular formula is C60H45N3. The molecule has 0 N–H and O–H groups in total. The Labute approximate surface area is 370 Å². The third-order valence-electron chi connectivity index (χ3n) is 11.5. The second-order valence-corrected chi connectivity index (χ2v) is 15.4. The van der Waals surface area contributed by atoms with Gasteiger partial charge in [0.05, 0.1) is 11.4 Å². The van der Waals surface area contributed by atoms with Crippen LogP contribution in [0.25, 0.3) is 33.4 Å². The minimum absolute atomic E-state index is 1.07. The van der Waals surface area contributed by atoms with Gasteiger partial charge in [0.25, 0.3) is 0 Å². The van der Waals surface area contributed by atoms with Crippen LogP contribution in [0.3, 0.4) is 0 Å². The van der Waals surface area contributed by atoms with Gasteiger partial charge in [-0.3, -0.25) is 0 Å². The Morgan fingerprint density at radius 2 is 0.381 bits per heavy atom. The van der Waals surface area contributed by atoms with Crippen LogP contribution in [0, 0.1) is 0 Å². The first-order valence-corrected chi connectivity index (χ1v) is 21.4. The Morgan fingerprint density at radius 1 is 0.159 bits per heavy atom. The van der Waals surface area contributed by atoms with E-state index in [0.29, 0.717) is 0 Å². The fourth-order valence-corrected chi connectivity index (χ4v) is 8.54. The van der Waals surface area contributed by atoms with Gasteiger partial charge < -0.3 is 14.7 Å². The quantitative estimate of drug-likeness (QED) is 0.122. The van der Waals surface area contributed by atoms with E-state index in [9.17, 15) is 0 Å². The molecule has 0 aliphatic heterocycles. The third kappa shape index (κ3) is 8.12. The molecule has 0 aliphatic carbocycles. The van der Waals surface area contributed by atoms with Crippen LogP contribution in [0.15, 0.2) is 273 Å². The summed E-state index contributed by atoms with van der Waals surface area (Å²) in [5, 5.41) is 0. The molecule has 10 rings (SSSR count). The smallest absolute Gasteiger partial charge is 0.0540 e. The lowest BCUT2D eigenvalue weighted by Gasteiger charge is -2.30. The van der Waals surface area contributed by atoms with E-state index in [4.69, 9.17) is 0 Å². The van der Waals surface area contributed by atoms with Crippen LogP contribution in [0.5, 0.6) is 0 Å². The van der Waals surface area contributed by atoms with Gasteiger partial charge in [-0.05, 0) is 119 Å². The molecule has 0 bridgehead atoms. The number of para-hydroxylation sites is 7. The molecule has 0 aliphatic rings. The summed E-state index contributed by atoms with van der Waals surface area (Å²) in [5.41, 5.74) is 16.8. The highest BCUT2D eigenvalue weighted by molar-refractivity contribution is 5.98. The first-order valence-electron chi connectivity index (χ1n) is 21.4. The van der Waals surface area contributed by atoms with Crippen LogP contribution in [0.1, 0.15) is 0 Å². The predicted molar refractivity (Wildman–Crippen MR) is 267 cm³/mol. The third-order valence-corrected chi connectivity index (χ3v) is 11.5. The van der Waals surface area contributed by atoms with Gasteiger partial charge in [-0.1, -0.05) is 176 Å². The highest BCUT2D eigenvalue weighted by atomic mass is 15.2. The first-order chi connectivity index (χ1) is 31.3. The molecule has 300 valence electrons. The predicted octanol–water partition coefficient (Wildman–Crippen LogP) is 17.1. The van der Waals surface area contributed by atoms with Crippen molar-refractivity contribution < 1.29 is 0 Å². The molecule has 10 aromatic carbocycles. The Kier molecular flexibility index (Phi) is 11.1. The van der Waals surface area contributed by atoms with E-state index in [1.54, 1.807) is 0 Å². The molecule has 3 heteroatoms. The molecule has 0 radical (unpaired) electrons. The standard InChI is InChI=1S/C60H45N3/c1-6-22-48(23-7-1)61(49-24-8-2-9-25-49)53-42-38-46(39-43-53)47-40-44-54(45-41-47)63(52-30-14-5-15-31-52)60-37-21-19-35-58(60)56-33-17-16-32-55(56)57-34-18-20-36-59(57)62(50-26-10-3-11-27-50)51-28-12-4-13-29-51/h1-45H. The summed E-state index contributed by atoms with van der Waals surface area (Å²) in [6.45, 7) is 0. The molecule has 3 nitrogen and oxygen atoms in total. The molecule has 10 aromatic rings. The summed E-state index contributed by atoms with van der Waals surface area (Å²) in [4.78, 5) is 7.02. The maximum Gasteiger partial charge on any atom is 0.0540 e. The molecule has 0 atom stereocenters. The van der Waals surface area contributed by atoms with E-state index >= 15 is 0 Å². The minimum atomic E-state index is 1.07. The topological polar surface area (TPSA) is 9.72 Å². The van der Waals surface area contributed by atoms with Crippen molar-refractivity contribution in [2.75, 3.05) is 14.7 Å². The Balaban J connectivity index is 1.03. The van der Waals surface area contributed by atoms with Gasteiger partial charge in [-0.25, -0.2) is 0 Å². The summed E-state index contributed by atoms with van der Waals surface area (Å²) < 4.78 is 0. The first kappa shape index (κ1) is 38.8. The van der Waals surface area contributed by atoms with Crippen LogP contribution < -0.4 is 14.7 Å². The second kappa shape index (κ2) is 18.1. The SMILES string of the molecule is c1ccc(N(c2ccccc2)c2ccc(-c3ccc(N(c4ccccc4)c4ccccc4-c4ccccc4-c4ccccc4N(c4ccccc4)c4ccccc4)cc3)cc2)cc1. The molecule has 0 saturated carbocycles. The molecular weight excluding hydrogens is 763 g/mol. The van der Waals surface area contributed by atoms with Crippen LogP contribution in [0.4, 0.5) is 51.2 Å². The molecule has 0 fully saturated rings. The highest BCUT2D eigenvalue weighted by Gasteiger charge is 2.22. The zero-order valence-corrected chi connectivity index (χ0v) is 34.8. The van der Waals surface area contributed by atoms with E-state index in [2.05, 4.69) is 288 Å². The zero-order valence-electron chi connectivity index (χ0n) is 34.8. The van der Waals surface area contributed by atoms with Gasteiger partial charge in [0.15, 0.2) is 0 Å². The average molecular weight is 808 g/mol. The van der Waals surface area contributed by atoms with E-state index in [0.717, 1.165) is 84.6 Å². The Morgan fingerprint density at radius 3 is 0.698 bits per heavy atom. The molecule has 0 aromatic heterocycles. The van der Waals surface area contributed by atoms with Crippen LogP contribution in [-0.4, -0.2) is 0 Å².